The van der Waals surface area contributed by atoms with Gasteiger partial charge in [0.2, 0.25) is 0 Å². The van der Waals surface area contributed by atoms with Crippen molar-refractivity contribution < 1.29 is 13.6 Å². The van der Waals surface area contributed by atoms with Crippen molar-refractivity contribution in [2.75, 3.05) is 0 Å². The number of Topliss-reactive ketones (excluding diaryl/α,β-unsaturated/α-hetero) is 1. The predicted octanol–water partition coefficient (Wildman–Crippen LogP) is 2.45. The molecule has 0 spiro atoms. The van der Waals surface area contributed by atoms with Gasteiger partial charge in [0, 0.05) is 18.9 Å². The Hall–Kier alpha value is -1.29. The van der Waals surface area contributed by atoms with Gasteiger partial charge in [-0.15, -0.1) is 0 Å². The lowest BCUT2D eigenvalue weighted by molar-refractivity contribution is -0.119. The lowest BCUT2D eigenvalue weighted by Crippen LogP contribution is -2.29. The number of ketones is 1. The smallest absolute Gasteiger partial charge is 0.138 e. The van der Waals surface area contributed by atoms with E-state index < -0.39 is 11.6 Å². The van der Waals surface area contributed by atoms with Crippen LogP contribution in [-0.4, -0.2) is 11.8 Å². The van der Waals surface area contributed by atoms with Crippen LogP contribution in [0.4, 0.5) is 8.78 Å². The number of carbonyl (C=O) groups excluding carboxylic acids is 1. The quantitative estimate of drug-likeness (QED) is 0.860. The third-order valence-electron chi connectivity index (χ3n) is 2.72. The van der Waals surface area contributed by atoms with Gasteiger partial charge in [-0.2, -0.15) is 0 Å². The van der Waals surface area contributed by atoms with Crippen LogP contribution in [-0.2, 0) is 11.2 Å². The molecule has 1 aromatic carbocycles. The minimum absolute atomic E-state index is 0.0888. The zero-order valence-electron chi connectivity index (χ0n) is 10.0. The van der Waals surface area contributed by atoms with Crippen molar-refractivity contribution in [1.29, 1.82) is 0 Å². The number of benzene rings is 1. The lowest BCUT2D eigenvalue weighted by atomic mass is 9.96. The second kappa shape index (κ2) is 5.87. The molecular formula is C13H17F2NO. The van der Waals surface area contributed by atoms with E-state index in [1.54, 1.807) is 0 Å². The Morgan fingerprint density at radius 1 is 1.35 bits per heavy atom. The molecule has 0 aliphatic rings. The molecule has 4 heteroatoms. The largest absolute Gasteiger partial charge is 0.327 e. The number of hydrogen-bond acceptors (Lipinski definition) is 2. The van der Waals surface area contributed by atoms with Crippen molar-refractivity contribution >= 4 is 5.78 Å². The van der Waals surface area contributed by atoms with E-state index in [-0.39, 0.29) is 36.1 Å². The summed E-state index contributed by atoms with van der Waals surface area (Å²) in [5.74, 6) is -1.08. The first-order chi connectivity index (χ1) is 7.90. The van der Waals surface area contributed by atoms with E-state index in [0.29, 0.717) is 0 Å². The van der Waals surface area contributed by atoms with Gasteiger partial charge in [0.1, 0.15) is 17.4 Å². The fourth-order valence-electron chi connectivity index (χ4n) is 1.46. The Labute approximate surface area is 99.8 Å². The fourth-order valence-corrected chi connectivity index (χ4v) is 1.46. The molecule has 0 bridgehead atoms. The Balaban J connectivity index is 2.65. The highest BCUT2D eigenvalue weighted by atomic mass is 19.1. The molecular weight excluding hydrogens is 224 g/mol. The van der Waals surface area contributed by atoms with Crippen LogP contribution in [0.25, 0.3) is 0 Å². The van der Waals surface area contributed by atoms with Gasteiger partial charge in [-0.05, 0) is 29.7 Å². The molecule has 0 amide bonds. The number of nitrogens with two attached hydrogens (primary N) is 1. The zero-order chi connectivity index (χ0) is 13.0. The first-order valence-electron chi connectivity index (χ1n) is 5.61. The normalized spacial score (nSPS) is 12.8. The summed E-state index contributed by atoms with van der Waals surface area (Å²) in [5, 5.41) is 0. The van der Waals surface area contributed by atoms with Crippen molar-refractivity contribution in [2.24, 2.45) is 11.7 Å². The van der Waals surface area contributed by atoms with Crippen LogP contribution in [0.1, 0.15) is 25.8 Å². The zero-order valence-corrected chi connectivity index (χ0v) is 10.0. The van der Waals surface area contributed by atoms with Gasteiger partial charge in [-0.25, -0.2) is 8.78 Å². The van der Waals surface area contributed by atoms with Crippen LogP contribution in [0, 0.1) is 17.6 Å². The van der Waals surface area contributed by atoms with Crippen LogP contribution < -0.4 is 5.73 Å². The summed E-state index contributed by atoms with van der Waals surface area (Å²) < 4.78 is 26.2. The number of hydrogen-bond donors (Lipinski definition) is 1. The molecule has 1 unspecified atom stereocenters. The Kier molecular flexibility index (Phi) is 4.75. The molecule has 0 saturated heterocycles. The molecule has 1 atom stereocenters. The molecule has 2 nitrogen and oxygen atoms in total. The van der Waals surface area contributed by atoms with Gasteiger partial charge < -0.3 is 5.73 Å². The highest BCUT2D eigenvalue weighted by Gasteiger charge is 2.15. The van der Waals surface area contributed by atoms with Crippen LogP contribution in [0.5, 0.6) is 0 Å². The van der Waals surface area contributed by atoms with Gasteiger partial charge in [-0.1, -0.05) is 13.8 Å². The molecule has 17 heavy (non-hydrogen) atoms. The monoisotopic (exact) mass is 241 g/mol. The Morgan fingerprint density at radius 3 is 2.59 bits per heavy atom. The van der Waals surface area contributed by atoms with Crippen LogP contribution in [0.15, 0.2) is 18.2 Å². The van der Waals surface area contributed by atoms with E-state index in [4.69, 9.17) is 5.73 Å². The predicted molar refractivity (Wildman–Crippen MR) is 62.5 cm³/mol. The first kappa shape index (κ1) is 13.8. The van der Waals surface area contributed by atoms with Crippen LogP contribution in [0.3, 0.4) is 0 Å². The van der Waals surface area contributed by atoms with Gasteiger partial charge in [0.05, 0.1) is 0 Å². The molecule has 2 N–H and O–H groups in total. The minimum atomic E-state index is -0.558. The number of carbonyl (C=O) groups is 1. The van der Waals surface area contributed by atoms with E-state index in [9.17, 15) is 13.6 Å². The lowest BCUT2D eigenvalue weighted by Gasteiger charge is -2.14. The van der Waals surface area contributed by atoms with E-state index >= 15 is 0 Å². The molecule has 0 saturated carbocycles. The summed E-state index contributed by atoms with van der Waals surface area (Å²) in [5.41, 5.74) is 5.84. The molecule has 0 fully saturated rings. The number of rotatable bonds is 5. The second-order valence-corrected chi connectivity index (χ2v) is 4.56. The topological polar surface area (TPSA) is 43.1 Å². The Bertz CT molecular complexity index is 404. The Morgan fingerprint density at radius 2 is 2.00 bits per heavy atom. The average Bonchev–Trinajstić information content (AvgIpc) is 2.23. The molecule has 94 valence electrons. The molecule has 0 heterocycles. The van der Waals surface area contributed by atoms with E-state index in [1.807, 2.05) is 13.8 Å². The molecule has 0 aliphatic heterocycles. The van der Waals surface area contributed by atoms with E-state index in [1.165, 1.54) is 0 Å². The SMILES string of the molecule is CC(C)C(N)CC(=O)Cc1cc(F)ccc1F. The van der Waals surface area contributed by atoms with Crippen molar-refractivity contribution in [1.82, 2.24) is 0 Å². The molecule has 1 aromatic rings. The summed E-state index contributed by atoms with van der Waals surface area (Å²) in [6.45, 7) is 3.83. The molecule has 0 radical (unpaired) electrons. The maximum absolute atomic E-state index is 13.3. The standard InChI is InChI=1S/C13H17F2NO/c1-8(2)13(16)7-11(17)6-9-5-10(14)3-4-12(9)15/h3-5,8,13H,6-7,16H2,1-2H3. The van der Waals surface area contributed by atoms with Gasteiger partial charge in [0.15, 0.2) is 0 Å². The van der Waals surface area contributed by atoms with E-state index in [0.717, 1.165) is 18.2 Å². The molecule has 1 rings (SSSR count). The maximum atomic E-state index is 13.3. The number of halogens is 2. The molecule has 0 aromatic heterocycles. The average molecular weight is 241 g/mol. The van der Waals surface area contributed by atoms with E-state index in [2.05, 4.69) is 0 Å². The fraction of sp³-hybridized carbons (Fsp3) is 0.462. The summed E-state index contributed by atoms with van der Waals surface area (Å²) >= 11 is 0. The van der Waals surface area contributed by atoms with Crippen molar-refractivity contribution in [3.8, 4) is 0 Å². The summed E-state index contributed by atoms with van der Waals surface area (Å²) in [4.78, 5) is 11.6. The summed E-state index contributed by atoms with van der Waals surface area (Å²) in [6, 6.07) is 2.87. The third kappa shape index (κ3) is 4.23. The maximum Gasteiger partial charge on any atom is 0.138 e. The third-order valence-corrected chi connectivity index (χ3v) is 2.72. The second-order valence-electron chi connectivity index (χ2n) is 4.56. The van der Waals surface area contributed by atoms with Gasteiger partial charge in [-0.3, -0.25) is 4.79 Å². The van der Waals surface area contributed by atoms with Crippen molar-refractivity contribution in [3.63, 3.8) is 0 Å². The summed E-state index contributed by atoms with van der Waals surface area (Å²) in [6.07, 6.45) is 0.0810. The molecule has 0 aliphatic carbocycles. The highest BCUT2D eigenvalue weighted by molar-refractivity contribution is 5.81. The van der Waals surface area contributed by atoms with Crippen LogP contribution >= 0.6 is 0 Å². The van der Waals surface area contributed by atoms with Crippen LogP contribution in [0.2, 0.25) is 0 Å². The van der Waals surface area contributed by atoms with Gasteiger partial charge in [0.25, 0.3) is 0 Å². The van der Waals surface area contributed by atoms with Crippen molar-refractivity contribution in [2.45, 2.75) is 32.7 Å². The highest BCUT2D eigenvalue weighted by Crippen LogP contribution is 2.13. The van der Waals surface area contributed by atoms with Gasteiger partial charge >= 0.3 is 0 Å². The van der Waals surface area contributed by atoms with Crippen molar-refractivity contribution in [3.05, 3.63) is 35.4 Å². The minimum Gasteiger partial charge on any atom is -0.327 e. The summed E-state index contributed by atoms with van der Waals surface area (Å²) in [7, 11) is 0. The first-order valence-corrected chi connectivity index (χ1v) is 5.61.